The van der Waals surface area contributed by atoms with Crippen LogP contribution in [0, 0.1) is 0 Å². The zero-order valence-electron chi connectivity index (χ0n) is 15.9. The Hall–Kier alpha value is -3.04. The molecule has 0 aliphatic heterocycles. The van der Waals surface area contributed by atoms with Crippen molar-refractivity contribution in [3.05, 3.63) is 52.0 Å². The first-order chi connectivity index (χ1) is 13.9. The lowest BCUT2D eigenvalue weighted by molar-refractivity contribution is -0.120. The van der Waals surface area contributed by atoms with Crippen molar-refractivity contribution in [1.29, 1.82) is 0 Å². The molecule has 29 heavy (non-hydrogen) atoms. The molecule has 0 fully saturated rings. The van der Waals surface area contributed by atoms with E-state index in [9.17, 15) is 14.4 Å². The Labute approximate surface area is 176 Å². The molecule has 0 radical (unpaired) electrons. The number of hydrogen-bond acceptors (Lipinski definition) is 6. The third-order valence-corrected chi connectivity index (χ3v) is 5.65. The molecular formula is C20H20N4O3S2. The highest BCUT2D eigenvalue weighted by atomic mass is 32.1. The monoisotopic (exact) mass is 428 g/mol. The van der Waals surface area contributed by atoms with Crippen molar-refractivity contribution in [2.24, 2.45) is 0 Å². The van der Waals surface area contributed by atoms with E-state index in [0.29, 0.717) is 10.8 Å². The number of aromatic nitrogens is 1. The van der Waals surface area contributed by atoms with Crippen LogP contribution >= 0.6 is 22.7 Å². The van der Waals surface area contributed by atoms with Crippen LogP contribution in [0.2, 0.25) is 0 Å². The highest BCUT2D eigenvalue weighted by Crippen LogP contribution is 2.27. The minimum atomic E-state index is -0.367. The number of benzene rings is 1. The van der Waals surface area contributed by atoms with E-state index in [0.717, 1.165) is 16.1 Å². The third-order valence-electron chi connectivity index (χ3n) is 3.91. The third kappa shape index (κ3) is 5.97. The van der Waals surface area contributed by atoms with Crippen molar-refractivity contribution in [2.75, 3.05) is 10.6 Å². The van der Waals surface area contributed by atoms with Crippen molar-refractivity contribution in [2.45, 2.75) is 26.3 Å². The molecule has 2 heterocycles. The lowest BCUT2D eigenvalue weighted by Gasteiger charge is -2.15. The lowest BCUT2D eigenvalue weighted by Crippen LogP contribution is -2.29. The summed E-state index contributed by atoms with van der Waals surface area (Å²) < 4.78 is 0. The fraction of sp³-hybridized carbons (Fsp3) is 0.200. The SMILES string of the molecule is CC(=O)Nc1ccc(-c2csc(NC(=O)CC(NC(C)=O)c3cccs3)n2)cc1. The van der Waals surface area contributed by atoms with Gasteiger partial charge < -0.3 is 16.0 Å². The van der Waals surface area contributed by atoms with Crippen LogP contribution in [0.4, 0.5) is 10.8 Å². The van der Waals surface area contributed by atoms with Crippen LogP contribution in [0.25, 0.3) is 11.3 Å². The van der Waals surface area contributed by atoms with Gasteiger partial charge in [-0.3, -0.25) is 14.4 Å². The molecule has 0 bridgehead atoms. The van der Waals surface area contributed by atoms with Crippen LogP contribution in [-0.4, -0.2) is 22.7 Å². The number of thiophene rings is 1. The van der Waals surface area contributed by atoms with Gasteiger partial charge >= 0.3 is 0 Å². The first-order valence-electron chi connectivity index (χ1n) is 8.84. The van der Waals surface area contributed by atoms with Crippen molar-refractivity contribution in [3.8, 4) is 11.3 Å². The predicted molar refractivity (Wildman–Crippen MR) is 116 cm³/mol. The minimum absolute atomic E-state index is 0.125. The molecule has 3 amide bonds. The van der Waals surface area contributed by atoms with Crippen LogP contribution in [-0.2, 0) is 14.4 Å². The first-order valence-corrected chi connectivity index (χ1v) is 10.6. The summed E-state index contributed by atoms with van der Waals surface area (Å²) >= 11 is 2.82. The van der Waals surface area contributed by atoms with Gasteiger partial charge in [-0.05, 0) is 23.6 Å². The maximum absolute atomic E-state index is 12.5. The highest BCUT2D eigenvalue weighted by molar-refractivity contribution is 7.14. The Balaban J connectivity index is 1.63. The highest BCUT2D eigenvalue weighted by Gasteiger charge is 2.19. The summed E-state index contributed by atoms with van der Waals surface area (Å²) in [5, 5.41) is 12.6. The van der Waals surface area contributed by atoms with Crippen molar-refractivity contribution in [3.63, 3.8) is 0 Å². The quantitative estimate of drug-likeness (QED) is 0.529. The number of rotatable bonds is 7. The van der Waals surface area contributed by atoms with Gasteiger partial charge in [-0.15, -0.1) is 22.7 Å². The number of carbonyl (C=O) groups is 3. The van der Waals surface area contributed by atoms with E-state index in [1.165, 1.54) is 36.5 Å². The molecule has 1 atom stereocenters. The van der Waals surface area contributed by atoms with E-state index in [-0.39, 0.29) is 30.2 Å². The van der Waals surface area contributed by atoms with Gasteiger partial charge in [0.15, 0.2) is 5.13 Å². The van der Waals surface area contributed by atoms with Gasteiger partial charge in [0.2, 0.25) is 17.7 Å². The van der Waals surface area contributed by atoms with Crippen molar-refractivity contribution < 1.29 is 14.4 Å². The van der Waals surface area contributed by atoms with Crippen LogP contribution in [0.5, 0.6) is 0 Å². The molecule has 3 rings (SSSR count). The number of nitrogens with one attached hydrogen (secondary N) is 3. The number of amides is 3. The number of thiazole rings is 1. The average molecular weight is 429 g/mol. The van der Waals surface area contributed by atoms with E-state index < -0.39 is 0 Å². The van der Waals surface area contributed by atoms with Gasteiger partial charge in [0, 0.05) is 35.4 Å². The van der Waals surface area contributed by atoms with E-state index in [2.05, 4.69) is 20.9 Å². The molecule has 2 aromatic heterocycles. The second-order valence-electron chi connectivity index (χ2n) is 6.32. The zero-order chi connectivity index (χ0) is 20.8. The zero-order valence-corrected chi connectivity index (χ0v) is 17.5. The van der Waals surface area contributed by atoms with E-state index in [1.807, 2.05) is 35.0 Å². The molecule has 7 nitrogen and oxygen atoms in total. The molecule has 150 valence electrons. The lowest BCUT2D eigenvalue weighted by atomic mass is 10.1. The summed E-state index contributed by atoms with van der Waals surface area (Å²) in [5.74, 6) is -0.536. The van der Waals surface area contributed by atoms with Gasteiger partial charge in [-0.2, -0.15) is 0 Å². The molecule has 1 aromatic carbocycles. The molecule has 9 heteroatoms. The van der Waals surface area contributed by atoms with Crippen LogP contribution in [0.3, 0.4) is 0 Å². The Kier molecular flexibility index (Phi) is 6.73. The number of hydrogen-bond donors (Lipinski definition) is 3. The normalized spacial score (nSPS) is 11.5. The van der Waals surface area contributed by atoms with Gasteiger partial charge in [0.25, 0.3) is 0 Å². The summed E-state index contributed by atoms with van der Waals surface area (Å²) in [4.78, 5) is 40.4. The fourth-order valence-electron chi connectivity index (χ4n) is 2.70. The number of anilines is 2. The number of carbonyl (C=O) groups excluding carboxylic acids is 3. The molecule has 0 spiro atoms. The smallest absolute Gasteiger partial charge is 0.228 e. The van der Waals surface area contributed by atoms with Gasteiger partial charge in [0.1, 0.15) is 0 Å². The molecule has 0 aliphatic carbocycles. The maximum atomic E-state index is 12.5. The van der Waals surface area contributed by atoms with Crippen LogP contribution < -0.4 is 16.0 Å². The first kappa shape index (κ1) is 20.7. The average Bonchev–Trinajstić information content (AvgIpc) is 3.33. The Morgan fingerprint density at radius 3 is 2.38 bits per heavy atom. The van der Waals surface area contributed by atoms with Crippen molar-refractivity contribution in [1.82, 2.24) is 10.3 Å². The summed E-state index contributed by atoms with van der Waals surface area (Å²) in [6, 6.07) is 10.7. The standard InChI is InChI=1S/C20H20N4O3S2/c1-12(25)21-15-7-5-14(6-8-15)17-11-29-20(23-17)24-19(27)10-16(22-13(2)26)18-4-3-9-28-18/h3-9,11,16H,10H2,1-2H3,(H,21,25)(H,22,26)(H,23,24,27). The topological polar surface area (TPSA) is 100 Å². The van der Waals surface area contributed by atoms with Gasteiger partial charge in [-0.1, -0.05) is 18.2 Å². The molecule has 0 aliphatic rings. The summed E-state index contributed by atoms with van der Waals surface area (Å²) in [6.07, 6.45) is 0.125. The van der Waals surface area contributed by atoms with E-state index in [1.54, 1.807) is 12.1 Å². The molecule has 3 aromatic rings. The minimum Gasteiger partial charge on any atom is -0.348 e. The largest absolute Gasteiger partial charge is 0.348 e. The second-order valence-corrected chi connectivity index (χ2v) is 8.15. The summed E-state index contributed by atoms with van der Waals surface area (Å²) in [7, 11) is 0. The Bertz CT molecular complexity index is 997. The molecular weight excluding hydrogens is 408 g/mol. The Morgan fingerprint density at radius 2 is 1.76 bits per heavy atom. The van der Waals surface area contributed by atoms with Gasteiger partial charge in [0.05, 0.1) is 18.2 Å². The predicted octanol–water partition coefficient (Wildman–Crippen LogP) is 4.04. The summed E-state index contributed by atoms with van der Waals surface area (Å²) in [6.45, 7) is 2.89. The van der Waals surface area contributed by atoms with Crippen LogP contribution in [0.1, 0.15) is 31.2 Å². The van der Waals surface area contributed by atoms with E-state index >= 15 is 0 Å². The molecule has 0 saturated heterocycles. The summed E-state index contributed by atoms with van der Waals surface area (Å²) in [5.41, 5.74) is 2.32. The van der Waals surface area contributed by atoms with E-state index in [4.69, 9.17) is 0 Å². The van der Waals surface area contributed by atoms with Crippen molar-refractivity contribution >= 4 is 51.2 Å². The molecule has 1 unspecified atom stereocenters. The Morgan fingerprint density at radius 1 is 1.00 bits per heavy atom. The van der Waals surface area contributed by atoms with Gasteiger partial charge in [-0.25, -0.2) is 4.98 Å². The maximum Gasteiger partial charge on any atom is 0.228 e. The molecule has 3 N–H and O–H groups in total. The fourth-order valence-corrected chi connectivity index (χ4v) is 4.22. The second kappa shape index (κ2) is 9.44. The van der Waals surface area contributed by atoms with Crippen LogP contribution in [0.15, 0.2) is 47.2 Å². The number of nitrogens with zero attached hydrogens (tertiary/aromatic N) is 1. The molecule has 0 saturated carbocycles.